The summed E-state index contributed by atoms with van der Waals surface area (Å²) in [5.74, 6) is -0.130. The molecule has 98 valence electrons. The number of nitrogens with zero attached hydrogens (tertiary/aromatic N) is 2. The first-order valence-corrected chi connectivity index (χ1v) is 6.63. The van der Waals surface area contributed by atoms with Crippen molar-refractivity contribution in [2.75, 3.05) is 18.0 Å². The standard InChI is InChI=1S/C15H17N3O/c16-15(19)11-5-8-18(9-6-11)14-3-1-2-12-10-17-7-4-13(12)14/h1-4,7,10-11H,5-6,8-9H2,(H2,16,19). The number of rotatable bonds is 2. The lowest BCUT2D eigenvalue weighted by atomic mass is 9.95. The predicted octanol–water partition coefficient (Wildman–Crippen LogP) is 1.94. The van der Waals surface area contributed by atoms with Crippen molar-refractivity contribution >= 4 is 22.4 Å². The molecule has 0 bridgehead atoms. The maximum atomic E-state index is 11.2. The summed E-state index contributed by atoms with van der Waals surface area (Å²) in [5.41, 5.74) is 6.60. The lowest BCUT2D eigenvalue weighted by Gasteiger charge is -2.33. The summed E-state index contributed by atoms with van der Waals surface area (Å²) < 4.78 is 0. The van der Waals surface area contributed by atoms with E-state index in [2.05, 4.69) is 28.1 Å². The molecule has 2 heterocycles. The Morgan fingerprint density at radius 2 is 2.05 bits per heavy atom. The summed E-state index contributed by atoms with van der Waals surface area (Å²) in [6.45, 7) is 1.77. The van der Waals surface area contributed by atoms with Gasteiger partial charge in [-0.15, -0.1) is 0 Å². The predicted molar refractivity (Wildman–Crippen MR) is 75.9 cm³/mol. The molecule has 0 saturated carbocycles. The van der Waals surface area contributed by atoms with Gasteiger partial charge in [0.25, 0.3) is 0 Å². The van der Waals surface area contributed by atoms with Gasteiger partial charge in [-0.25, -0.2) is 0 Å². The van der Waals surface area contributed by atoms with E-state index in [1.54, 1.807) is 0 Å². The quantitative estimate of drug-likeness (QED) is 0.892. The first-order valence-electron chi connectivity index (χ1n) is 6.63. The third kappa shape index (κ3) is 2.26. The second-order valence-corrected chi connectivity index (χ2v) is 5.04. The number of hydrogen-bond acceptors (Lipinski definition) is 3. The highest BCUT2D eigenvalue weighted by molar-refractivity contribution is 5.93. The van der Waals surface area contributed by atoms with E-state index in [4.69, 9.17) is 5.73 Å². The van der Waals surface area contributed by atoms with E-state index in [0.29, 0.717) is 0 Å². The van der Waals surface area contributed by atoms with Crippen molar-refractivity contribution in [3.05, 3.63) is 36.7 Å². The molecule has 4 nitrogen and oxygen atoms in total. The molecule has 2 N–H and O–H groups in total. The fraction of sp³-hybridized carbons (Fsp3) is 0.333. The van der Waals surface area contributed by atoms with E-state index < -0.39 is 0 Å². The second-order valence-electron chi connectivity index (χ2n) is 5.04. The van der Waals surface area contributed by atoms with Crippen LogP contribution in [0.4, 0.5) is 5.69 Å². The number of fused-ring (bicyclic) bond motifs is 1. The Balaban J connectivity index is 1.88. The maximum absolute atomic E-state index is 11.2. The van der Waals surface area contributed by atoms with Crippen molar-refractivity contribution in [1.82, 2.24) is 4.98 Å². The highest BCUT2D eigenvalue weighted by Gasteiger charge is 2.23. The highest BCUT2D eigenvalue weighted by Crippen LogP contribution is 2.29. The van der Waals surface area contributed by atoms with Gasteiger partial charge in [-0.3, -0.25) is 9.78 Å². The molecule has 19 heavy (non-hydrogen) atoms. The zero-order chi connectivity index (χ0) is 13.2. The van der Waals surface area contributed by atoms with E-state index >= 15 is 0 Å². The number of benzene rings is 1. The zero-order valence-corrected chi connectivity index (χ0v) is 10.7. The number of anilines is 1. The molecule has 1 amide bonds. The first-order chi connectivity index (χ1) is 9.25. The van der Waals surface area contributed by atoms with Crippen LogP contribution in [0.25, 0.3) is 10.8 Å². The summed E-state index contributed by atoms with van der Waals surface area (Å²) in [7, 11) is 0. The van der Waals surface area contributed by atoms with Gasteiger partial charge in [-0.2, -0.15) is 0 Å². The molecule has 1 aliphatic heterocycles. The topological polar surface area (TPSA) is 59.2 Å². The van der Waals surface area contributed by atoms with Crippen LogP contribution in [0.5, 0.6) is 0 Å². The molecule has 1 aliphatic rings. The van der Waals surface area contributed by atoms with E-state index in [-0.39, 0.29) is 11.8 Å². The number of amides is 1. The highest BCUT2D eigenvalue weighted by atomic mass is 16.1. The van der Waals surface area contributed by atoms with Crippen LogP contribution in [-0.4, -0.2) is 24.0 Å². The van der Waals surface area contributed by atoms with Crippen molar-refractivity contribution in [2.24, 2.45) is 11.7 Å². The molecule has 2 aromatic rings. The van der Waals surface area contributed by atoms with Gasteiger partial charge < -0.3 is 10.6 Å². The van der Waals surface area contributed by atoms with Crippen molar-refractivity contribution in [2.45, 2.75) is 12.8 Å². The molecule has 0 aliphatic carbocycles. The lowest BCUT2D eigenvalue weighted by molar-refractivity contribution is -0.122. The van der Waals surface area contributed by atoms with Crippen molar-refractivity contribution < 1.29 is 4.79 Å². The molecule has 0 radical (unpaired) electrons. The Kier molecular flexibility index (Phi) is 3.07. The number of aromatic nitrogens is 1. The number of pyridine rings is 1. The van der Waals surface area contributed by atoms with Crippen molar-refractivity contribution in [3.8, 4) is 0 Å². The van der Waals surface area contributed by atoms with E-state index in [1.165, 1.54) is 11.1 Å². The molecule has 0 unspecified atom stereocenters. The fourth-order valence-electron chi connectivity index (χ4n) is 2.79. The second kappa shape index (κ2) is 4.88. The van der Waals surface area contributed by atoms with Crippen LogP contribution in [0.2, 0.25) is 0 Å². The monoisotopic (exact) mass is 255 g/mol. The largest absolute Gasteiger partial charge is 0.371 e. The van der Waals surface area contributed by atoms with Gasteiger partial charge in [0.2, 0.25) is 5.91 Å². The summed E-state index contributed by atoms with van der Waals surface area (Å²) >= 11 is 0. The minimum absolute atomic E-state index is 0.0351. The van der Waals surface area contributed by atoms with Crippen LogP contribution in [0.3, 0.4) is 0 Å². The normalized spacial score (nSPS) is 16.7. The number of carbonyl (C=O) groups is 1. The Morgan fingerprint density at radius 3 is 2.79 bits per heavy atom. The Morgan fingerprint density at radius 1 is 1.26 bits per heavy atom. The van der Waals surface area contributed by atoms with E-state index in [9.17, 15) is 4.79 Å². The first kappa shape index (κ1) is 12.0. The minimum atomic E-state index is -0.165. The van der Waals surface area contributed by atoms with Gasteiger partial charge in [0.05, 0.1) is 0 Å². The molecule has 1 aromatic heterocycles. The van der Waals surface area contributed by atoms with Gasteiger partial charge in [0.1, 0.15) is 0 Å². The molecular weight excluding hydrogens is 238 g/mol. The molecule has 0 spiro atoms. The summed E-state index contributed by atoms with van der Waals surface area (Å²) in [4.78, 5) is 17.7. The number of nitrogens with two attached hydrogens (primary N) is 1. The lowest BCUT2D eigenvalue weighted by Crippen LogP contribution is -2.38. The minimum Gasteiger partial charge on any atom is -0.371 e. The molecule has 1 saturated heterocycles. The molecule has 3 rings (SSSR count). The van der Waals surface area contributed by atoms with E-state index in [0.717, 1.165) is 31.3 Å². The van der Waals surface area contributed by atoms with Gasteiger partial charge in [-0.05, 0) is 25.0 Å². The SMILES string of the molecule is NC(=O)C1CCN(c2cccc3cnccc23)CC1. The number of piperidine rings is 1. The van der Waals surface area contributed by atoms with Crippen LogP contribution in [-0.2, 0) is 4.79 Å². The Labute approximate surface area is 112 Å². The van der Waals surface area contributed by atoms with Crippen LogP contribution in [0, 0.1) is 5.92 Å². The molecule has 0 atom stereocenters. The van der Waals surface area contributed by atoms with Gasteiger partial charge in [0.15, 0.2) is 0 Å². The Hall–Kier alpha value is -2.10. The van der Waals surface area contributed by atoms with Crippen LogP contribution < -0.4 is 10.6 Å². The average molecular weight is 255 g/mol. The zero-order valence-electron chi connectivity index (χ0n) is 10.7. The average Bonchev–Trinajstić information content (AvgIpc) is 2.47. The third-order valence-electron chi connectivity index (χ3n) is 3.90. The number of primary amides is 1. The molecule has 1 fully saturated rings. The maximum Gasteiger partial charge on any atom is 0.220 e. The summed E-state index contributed by atoms with van der Waals surface area (Å²) in [5, 5.41) is 2.37. The number of carbonyl (C=O) groups excluding carboxylic acids is 1. The van der Waals surface area contributed by atoms with Gasteiger partial charge in [-0.1, -0.05) is 12.1 Å². The smallest absolute Gasteiger partial charge is 0.220 e. The van der Waals surface area contributed by atoms with Crippen LogP contribution >= 0.6 is 0 Å². The summed E-state index contributed by atoms with van der Waals surface area (Å²) in [6.07, 6.45) is 5.39. The third-order valence-corrected chi connectivity index (χ3v) is 3.90. The van der Waals surface area contributed by atoms with Crippen LogP contribution in [0.1, 0.15) is 12.8 Å². The van der Waals surface area contributed by atoms with E-state index in [1.807, 2.05) is 18.5 Å². The Bertz CT molecular complexity index is 598. The van der Waals surface area contributed by atoms with Gasteiger partial charge in [0, 0.05) is 47.9 Å². The van der Waals surface area contributed by atoms with Crippen LogP contribution in [0.15, 0.2) is 36.7 Å². The van der Waals surface area contributed by atoms with Crippen molar-refractivity contribution in [1.29, 1.82) is 0 Å². The molecule has 4 heteroatoms. The fourth-order valence-corrected chi connectivity index (χ4v) is 2.79. The molecule has 1 aromatic carbocycles. The van der Waals surface area contributed by atoms with Crippen molar-refractivity contribution in [3.63, 3.8) is 0 Å². The van der Waals surface area contributed by atoms with Gasteiger partial charge >= 0.3 is 0 Å². The number of hydrogen-bond donors (Lipinski definition) is 1. The molecular formula is C15H17N3O. The summed E-state index contributed by atoms with van der Waals surface area (Å²) in [6, 6.07) is 8.30.